The number of hydrogen-bond donors (Lipinski definition) is 2. The molecule has 3 amide bonds. The quantitative estimate of drug-likeness (QED) is 0.527. The van der Waals surface area contributed by atoms with E-state index in [0.717, 1.165) is 22.3 Å². The number of nitrogens with two attached hydrogens (primary N) is 1. The SMILES string of the molecule is NC(=O)NC(=O)CSc1nnc(-c2ccc(Br)cc2)n1CCc1ccccc1. The number of carbonyl (C=O) groups is 2. The van der Waals surface area contributed by atoms with Gasteiger partial charge >= 0.3 is 6.03 Å². The minimum Gasteiger partial charge on any atom is -0.351 e. The number of imide groups is 1. The topological polar surface area (TPSA) is 103 Å². The highest BCUT2D eigenvalue weighted by Gasteiger charge is 2.16. The summed E-state index contributed by atoms with van der Waals surface area (Å²) in [4.78, 5) is 22.5. The van der Waals surface area contributed by atoms with Gasteiger partial charge in [0.05, 0.1) is 5.75 Å². The Labute approximate surface area is 174 Å². The zero-order valence-electron chi connectivity index (χ0n) is 14.8. The highest BCUT2D eigenvalue weighted by Crippen LogP contribution is 2.25. The van der Waals surface area contributed by atoms with Gasteiger partial charge in [0.1, 0.15) is 0 Å². The van der Waals surface area contributed by atoms with Gasteiger partial charge in [-0.25, -0.2) is 4.79 Å². The fourth-order valence-electron chi connectivity index (χ4n) is 2.60. The zero-order valence-corrected chi connectivity index (χ0v) is 17.2. The molecule has 28 heavy (non-hydrogen) atoms. The summed E-state index contributed by atoms with van der Waals surface area (Å²) in [5.74, 6) is 0.272. The van der Waals surface area contributed by atoms with Crippen LogP contribution in [0.15, 0.2) is 64.2 Å². The summed E-state index contributed by atoms with van der Waals surface area (Å²) in [6, 6.07) is 17.1. The standard InChI is InChI=1S/C19H18BrN5O2S/c20-15-8-6-14(7-9-15)17-23-24-19(28-12-16(26)22-18(21)27)25(17)11-10-13-4-2-1-3-5-13/h1-9H,10-12H2,(H3,21,22,26,27). The largest absolute Gasteiger partial charge is 0.351 e. The van der Waals surface area contributed by atoms with Gasteiger partial charge in [0.2, 0.25) is 5.91 Å². The van der Waals surface area contributed by atoms with Gasteiger partial charge in [-0.2, -0.15) is 0 Å². The number of urea groups is 1. The van der Waals surface area contributed by atoms with Gasteiger partial charge in [-0.05, 0) is 24.1 Å². The first-order chi connectivity index (χ1) is 13.5. The molecule has 0 saturated heterocycles. The molecule has 144 valence electrons. The van der Waals surface area contributed by atoms with E-state index < -0.39 is 11.9 Å². The first kappa shape index (κ1) is 20.1. The Kier molecular flexibility index (Phi) is 6.83. The molecule has 7 nitrogen and oxygen atoms in total. The molecule has 0 atom stereocenters. The van der Waals surface area contributed by atoms with Crippen molar-refractivity contribution in [3.8, 4) is 11.4 Å². The van der Waals surface area contributed by atoms with Gasteiger partial charge in [-0.3, -0.25) is 10.1 Å². The third-order valence-electron chi connectivity index (χ3n) is 3.88. The predicted molar refractivity (Wildman–Crippen MR) is 112 cm³/mol. The Morgan fingerprint density at radius 2 is 1.79 bits per heavy atom. The van der Waals surface area contributed by atoms with Gasteiger partial charge in [0.25, 0.3) is 0 Å². The van der Waals surface area contributed by atoms with E-state index in [1.165, 1.54) is 17.3 Å². The molecule has 0 spiro atoms. The molecule has 0 radical (unpaired) electrons. The Morgan fingerprint density at radius 1 is 1.07 bits per heavy atom. The van der Waals surface area contributed by atoms with E-state index in [0.29, 0.717) is 11.7 Å². The molecule has 0 unspecified atom stereocenters. The molecular formula is C19H18BrN5O2S. The number of aromatic nitrogens is 3. The molecular weight excluding hydrogens is 442 g/mol. The fourth-order valence-corrected chi connectivity index (χ4v) is 3.63. The Hall–Kier alpha value is -2.65. The van der Waals surface area contributed by atoms with E-state index in [4.69, 9.17) is 5.73 Å². The first-order valence-corrected chi connectivity index (χ1v) is 10.3. The van der Waals surface area contributed by atoms with E-state index in [-0.39, 0.29) is 5.75 Å². The Morgan fingerprint density at radius 3 is 2.46 bits per heavy atom. The molecule has 3 rings (SSSR count). The number of nitrogens with one attached hydrogen (secondary N) is 1. The fraction of sp³-hybridized carbons (Fsp3) is 0.158. The molecule has 0 fully saturated rings. The van der Waals surface area contributed by atoms with Gasteiger partial charge < -0.3 is 10.3 Å². The number of primary amides is 1. The normalized spacial score (nSPS) is 10.6. The zero-order chi connectivity index (χ0) is 19.9. The third kappa shape index (κ3) is 5.43. The van der Waals surface area contributed by atoms with E-state index in [2.05, 4.69) is 43.6 Å². The van der Waals surface area contributed by atoms with Crippen molar-refractivity contribution in [2.75, 3.05) is 5.75 Å². The molecule has 0 saturated carbocycles. The molecule has 9 heteroatoms. The maximum atomic E-state index is 11.7. The lowest BCUT2D eigenvalue weighted by atomic mass is 10.1. The maximum absolute atomic E-state index is 11.7. The number of thioether (sulfide) groups is 1. The van der Waals surface area contributed by atoms with Gasteiger partial charge in [-0.15, -0.1) is 10.2 Å². The summed E-state index contributed by atoms with van der Waals surface area (Å²) in [5, 5.41) is 11.2. The average Bonchev–Trinajstić information content (AvgIpc) is 3.08. The van der Waals surface area contributed by atoms with Crippen molar-refractivity contribution < 1.29 is 9.59 Å². The minimum atomic E-state index is -0.869. The van der Waals surface area contributed by atoms with Crippen LogP contribution >= 0.6 is 27.7 Å². The number of carbonyl (C=O) groups excluding carboxylic acids is 2. The predicted octanol–water partition coefficient (Wildman–Crippen LogP) is 3.24. The van der Waals surface area contributed by atoms with Gasteiger partial charge in [0, 0.05) is 16.6 Å². The van der Waals surface area contributed by atoms with Crippen LogP contribution in [0, 0.1) is 0 Å². The lowest BCUT2D eigenvalue weighted by molar-refractivity contribution is -0.117. The lowest BCUT2D eigenvalue weighted by Gasteiger charge is -2.10. The van der Waals surface area contributed by atoms with Crippen molar-refractivity contribution >= 4 is 39.6 Å². The average molecular weight is 460 g/mol. The minimum absolute atomic E-state index is 0.0206. The third-order valence-corrected chi connectivity index (χ3v) is 5.38. The molecule has 0 aliphatic heterocycles. The number of rotatable bonds is 7. The Balaban J connectivity index is 1.83. The van der Waals surface area contributed by atoms with Gasteiger partial charge in [0.15, 0.2) is 11.0 Å². The van der Waals surface area contributed by atoms with Crippen LogP contribution < -0.4 is 11.1 Å². The molecule has 1 aromatic heterocycles. The summed E-state index contributed by atoms with van der Waals surface area (Å²) in [7, 11) is 0. The van der Waals surface area contributed by atoms with Crippen molar-refractivity contribution in [1.82, 2.24) is 20.1 Å². The van der Waals surface area contributed by atoms with Crippen molar-refractivity contribution in [2.45, 2.75) is 18.1 Å². The number of hydrogen-bond acceptors (Lipinski definition) is 5. The number of nitrogens with zero attached hydrogens (tertiary/aromatic N) is 3. The van der Waals surface area contributed by atoms with Crippen LogP contribution in [0.4, 0.5) is 4.79 Å². The van der Waals surface area contributed by atoms with Crippen molar-refractivity contribution in [1.29, 1.82) is 0 Å². The molecule has 0 aliphatic carbocycles. The molecule has 1 heterocycles. The molecule has 2 aromatic carbocycles. The molecule has 0 bridgehead atoms. The van der Waals surface area contributed by atoms with E-state index >= 15 is 0 Å². The number of benzene rings is 2. The number of halogens is 1. The van der Waals surface area contributed by atoms with Crippen LogP contribution in [-0.2, 0) is 17.8 Å². The van der Waals surface area contributed by atoms with Crippen molar-refractivity contribution in [2.24, 2.45) is 5.73 Å². The highest BCUT2D eigenvalue weighted by atomic mass is 79.9. The summed E-state index contributed by atoms with van der Waals surface area (Å²) in [6.45, 7) is 0.655. The monoisotopic (exact) mass is 459 g/mol. The summed E-state index contributed by atoms with van der Waals surface area (Å²) >= 11 is 4.65. The first-order valence-electron chi connectivity index (χ1n) is 8.48. The van der Waals surface area contributed by atoms with Crippen molar-refractivity contribution in [3.05, 3.63) is 64.6 Å². The van der Waals surface area contributed by atoms with Crippen LogP contribution in [0.3, 0.4) is 0 Å². The summed E-state index contributed by atoms with van der Waals surface area (Å²) in [5.41, 5.74) is 7.10. The Bertz CT molecular complexity index is 960. The van der Waals surface area contributed by atoms with E-state index in [1.807, 2.05) is 47.0 Å². The molecule has 3 N–H and O–H groups in total. The van der Waals surface area contributed by atoms with Crippen LogP contribution in [-0.4, -0.2) is 32.5 Å². The van der Waals surface area contributed by atoms with E-state index in [1.54, 1.807) is 0 Å². The second-order valence-corrected chi connectivity index (χ2v) is 7.76. The van der Waals surface area contributed by atoms with Gasteiger partial charge in [-0.1, -0.05) is 70.2 Å². The maximum Gasteiger partial charge on any atom is 0.318 e. The van der Waals surface area contributed by atoms with Crippen LogP contribution in [0.5, 0.6) is 0 Å². The number of aryl methyl sites for hydroxylation is 1. The molecule has 3 aromatic rings. The molecule has 0 aliphatic rings. The second kappa shape index (κ2) is 9.52. The van der Waals surface area contributed by atoms with Crippen molar-refractivity contribution in [3.63, 3.8) is 0 Å². The van der Waals surface area contributed by atoms with Crippen LogP contribution in [0.25, 0.3) is 11.4 Å². The summed E-state index contributed by atoms with van der Waals surface area (Å²) in [6.07, 6.45) is 0.795. The highest BCUT2D eigenvalue weighted by molar-refractivity contribution is 9.10. The van der Waals surface area contributed by atoms with E-state index in [9.17, 15) is 9.59 Å². The summed E-state index contributed by atoms with van der Waals surface area (Å²) < 4.78 is 2.96. The smallest absolute Gasteiger partial charge is 0.318 e. The van der Waals surface area contributed by atoms with Crippen LogP contribution in [0.2, 0.25) is 0 Å². The lowest BCUT2D eigenvalue weighted by Crippen LogP contribution is -2.36. The van der Waals surface area contributed by atoms with Crippen LogP contribution in [0.1, 0.15) is 5.56 Å². The second-order valence-electron chi connectivity index (χ2n) is 5.90. The number of amides is 3.